The van der Waals surface area contributed by atoms with E-state index < -0.39 is 41.6 Å². The molecule has 0 aromatic heterocycles. The van der Waals surface area contributed by atoms with Crippen molar-refractivity contribution in [3.05, 3.63) is 83.4 Å². The van der Waals surface area contributed by atoms with Crippen molar-refractivity contribution in [1.29, 1.82) is 0 Å². The number of aliphatic hydroxyl groups is 1. The number of carbonyl (C=O) groups excluding carboxylic acids is 1. The van der Waals surface area contributed by atoms with Crippen LogP contribution in [0.15, 0.2) is 72.3 Å². The zero-order chi connectivity index (χ0) is 23.9. The number of hydrogen-bond acceptors (Lipinski definition) is 4. The molecule has 0 aliphatic carbocycles. The third-order valence-electron chi connectivity index (χ3n) is 3.49. The van der Waals surface area contributed by atoms with Crippen LogP contribution in [0.2, 0.25) is 0 Å². The second kappa shape index (κ2) is 10.0. The molecule has 2 aromatic rings. The molecule has 0 aliphatic heterocycles. The Morgan fingerprint density at radius 3 is 1.66 bits per heavy atom. The molecule has 0 aliphatic rings. The molecule has 2 aromatic carbocycles. The lowest BCUT2D eigenvalue weighted by molar-refractivity contribution is -0.275. The van der Waals surface area contributed by atoms with Crippen molar-refractivity contribution in [2.45, 2.75) is 12.7 Å². The van der Waals surface area contributed by atoms with Gasteiger partial charge in [-0.3, -0.25) is 4.79 Å². The lowest BCUT2D eigenvalue weighted by atomic mass is 10.1. The number of allylic oxidation sites excluding steroid dienone is 3. The summed E-state index contributed by atoms with van der Waals surface area (Å²) in [5.74, 6) is -5.10. The van der Waals surface area contributed by atoms with Gasteiger partial charge in [-0.15, -0.1) is 26.3 Å². The Hall–Kier alpha value is -3.76. The van der Waals surface area contributed by atoms with Crippen molar-refractivity contribution >= 4 is 17.9 Å². The van der Waals surface area contributed by atoms with Gasteiger partial charge in [0.2, 0.25) is 11.6 Å². The van der Waals surface area contributed by atoms with Gasteiger partial charge in [0.25, 0.3) is 0 Å². The molecule has 0 unspecified atom stereocenters. The number of halogens is 7. The van der Waals surface area contributed by atoms with Gasteiger partial charge in [0.15, 0.2) is 5.76 Å². The normalized spacial score (nSPS) is 13.3. The zero-order valence-corrected chi connectivity index (χ0v) is 15.7. The number of ketones is 1. The molecule has 11 heteroatoms. The van der Waals surface area contributed by atoms with Crippen molar-refractivity contribution in [2.75, 3.05) is 0 Å². The summed E-state index contributed by atoms with van der Waals surface area (Å²) >= 11 is 0. The summed E-state index contributed by atoms with van der Waals surface area (Å²) in [5.41, 5.74) is 0.194. The summed E-state index contributed by atoms with van der Waals surface area (Å²) in [5, 5.41) is 9.68. The zero-order valence-electron chi connectivity index (χ0n) is 15.7. The summed E-state index contributed by atoms with van der Waals surface area (Å²) < 4.78 is 94.9. The second-order valence-corrected chi connectivity index (χ2v) is 5.97. The van der Waals surface area contributed by atoms with Crippen molar-refractivity contribution < 1.29 is 50.1 Å². The van der Waals surface area contributed by atoms with E-state index in [0.29, 0.717) is 6.08 Å². The molecule has 170 valence electrons. The molecule has 32 heavy (non-hydrogen) atoms. The lowest BCUT2D eigenvalue weighted by Gasteiger charge is -2.08. The lowest BCUT2D eigenvalue weighted by Crippen LogP contribution is -2.17. The summed E-state index contributed by atoms with van der Waals surface area (Å²) in [6, 6.07) is 9.08. The smallest absolute Gasteiger partial charge is 0.505 e. The molecule has 0 amide bonds. The second-order valence-electron chi connectivity index (χ2n) is 5.97. The fourth-order valence-corrected chi connectivity index (χ4v) is 2.25. The standard InChI is InChI=1S/C21H13F7O4/c22-19(17(29)9-7-13-3-1-5-15(11-13)31-20(23,24)25)18(30)10-8-14-4-2-6-16(12-14)32-21(26,27)28/h1-12,29H/b9-7+,10-8+,19-17+. The molecule has 0 saturated heterocycles. The van der Waals surface area contributed by atoms with Crippen molar-refractivity contribution in [1.82, 2.24) is 0 Å². The van der Waals surface area contributed by atoms with E-state index in [2.05, 4.69) is 9.47 Å². The monoisotopic (exact) mass is 462 g/mol. The van der Waals surface area contributed by atoms with E-state index in [1.54, 1.807) is 0 Å². The van der Waals surface area contributed by atoms with E-state index in [9.17, 15) is 40.6 Å². The summed E-state index contributed by atoms with van der Waals surface area (Å²) in [7, 11) is 0. The Morgan fingerprint density at radius 2 is 1.22 bits per heavy atom. The van der Waals surface area contributed by atoms with Crippen molar-refractivity contribution in [3.63, 3.8) is 0 Å². The highest BCUT2D eigenvalue weighted by atomic mass is 19.4. The van der Waals surface area contributed by atoms with E-state index in [-0.39, 0.29) is 11.1 Å². The van der Waals surface area contributed by atoms with Gasteiger partial charge in [0, 0.05) is 0 Å². The number of benzene rings is 2. The molecule has 2 rings (SSSR count). The van der Waals surface area contributed by atoms with Crippen LogP contribution >= 0.6 is 0 Å². The topological polar surface area (TPSA) is 55.8 Å². The first kappa shape index (κ1) is 24.5. The van der Waals surface area contributed by atoms with Gasteiger partial charge >= 0.3 is 12.7 Å². The highest BCUT2D eigenvalue weighted by Crippen LogP contribution is 2.25. The Kier molecular flexibility index (Phi) is 7.68. The Morgan fingerprint density at radius 1 is 0.781 bits per heavy atom. The first-order valence-corrected chi connectivity index (χ1v) is 8.53. The molecule has 0 fully saturated rings. The quantitative estimate of drug-likeness (QED) is 0.220. The van der Waals surface area contributed by atoms with Crippen LogP contribution in [0, 0.1) is 0 Å². The van der Waals surface area contributed by atoms with E-state index in [1.807, 2.05) is 0 Å². The summed E-state index contributed by atoms with van der Waals surface area (Å²) in [6.07, 6.45) is -6.38. The first-order valence-electron chi connectivity index (χ1n) is 8.53. The minimum Gasteiger partial charge on any atom is -0.505 e. The van der Waals surface area contributed by atoms with Gasteiger partial charge < -0.3 is 14.6 Å². The molecular weight excluding hydrogens is 449 g/mol. The molecule has 0 heterocycles. The Balaban J connectivity index is 2.10. The Bertz CT molecular complexity index is 1050. The predicted octanol–water partition coefficient (Wildman–Crippen LogP) is 6.52. The minimum absolute atomic E-state index is 0.0874. The van der Waals surface area contributed by atoms with Crippen LogP contribution in [0.5, 0.6) is 11.5 Å². The average Bonchev–Trinajstić information content (AvgIpc) is 2.67. The number of alkyl halides is 6. The maximum absolute atomic E-state index is 14.0. The number of hydrogen-bond donors (Lipinski definition) is 1. The van der Waals surface area contributed by atoms with Crippen molar-refractivity contribution in [3.8, 4) is 11.5 Å². The molecule has 0 atom stereocenters. The Labute approximate surface area is 176 Å². The van der Waals surface area contributed by atoms with Gasteiger partial charge in [0.1, 0.15) is 11.5 Å². The molecule has 4 nitrogen and oxygen atoms in total. The van der Waals surface area contributed by atoms with E-state index >= 15 is 0 Å². The molecule has 1 N–H and O–H groups in total. The van der Waals surface area contributed by atoms with Crippen LogP contribution in [-0.2, 0) is 4.79 Å². The highest BCUT2D eigenvalue weighted by Gasteiger charge is 2.31. The van der Waals surface area contributed by atoms with Crippen LogP contribution < -0.4 is 9.47 Å². The van der Waals surface area contributed by atoms with Crippen LogP contribution in [0.3, 0.4) is 0 Å². The van der Waals surface area contributed by atoms with E-state index in [0.717, 1.165) is 42.5 Å². The van der Waals surface area contributed by atoms with Gasteiger partial charge in [-0.2, -0.15) is 4.39 Å². The van der Waals surface area contributed by atoms with E-state index in [1.165, 1.54) is 24.3 Å². The van der Waals surface area contributed by atoms with Gasteiger partial charge in [0.05, 0.1) is 0 Å². The largest absolute Gasteiger partial charge is 0.573 e. The number of aliphatic hydroxyl groups excluding tert-OH is 1. The third kappa shape index (κ3) is 8.54. The van der Waals surface area contributed by atoms with Crippen LogP contribution in [-0.4, -0.2) is 23.6 Å². The molecule has 0 radical (unpaired) electrons. The summed E-state index contributed by atoms with van der Waals surface area (Å²) in [6.45, 7) is 0. The summed E-state index contributed by atoms with van der Waals surface area (Å²) in [4.78, 5) is 11.8. The fourth-order valence-electron chi connectivity index (χ4n) is 2.25. The first-order chi connectivity index (χ1) is 14.8. The number of ether oxygens (including phenoxy) is 2. The van der Waals surface area contributed by atoms with Gasteiger partial charge in [-0.05, 0) is 47.5 Å². The van der Waals surface area contributed by atoms with Crippen LogP contribution in [0.4, 0.5) is 30.7 Å². The minimum atomic E-state index is -4.91. The van der Waals surface area contributed by atoms with Gasteiger partial charge in [-0.1, -0.05) is 36.4 Å². The molecule has 0 bridgehead atoms. The number of carbonyl (C=O) groups is 1. The van der Waals surface area contributed by atoms with Crippen molar-refractivity contribution in [2.24, 2.45) is 0 Å². The SMILES string of the molecule is O=C(/C=C/c1cccc(OC(F)(F)F)c1)/C(F)=C(O)/C=C/c1cccc(OC(F)(F)F)c1. The maximum atomic E-state index is 14.0. The number of rotatable bonds is 7. The maximum Gasteiger partial charge on any atom is 0.573 e. The molecule has 0 saturated carbocycles. The highest BCUT2D eigenvalue weighted by molar-refractivity contribution is 6.05. The average molecular weight is 462 g/mol. The van der Waals surface area contributed by atoms with E-state index in [4.69, 9.17) is 0 Å². The van der Waals surface area contributed by atoms with Gasteiger partial charge in [-0.25, -0.2) is 0 Å². The van der Waals surface area contributed by atoms with Crippen LogP contribution in [0.25, 0.3) is 12.2 Å². The van der Waals surface area contributed by atoms with Crippen LogP contribution in [0.1, 0.15) is 11.1 Å². The molecular formula is C21H13F7O4. The predicted molar refractivity (Wildman–Crippen MR) is 100 cm³/mol. The fraction of sp³-hybridized carbons (Fsp3) is 0.0952. The third-order valence-corrected chi connectivity index (χ3v) is 3.49. The molecule has 0 spiro atoms.